The lowest BCUT2D eigenvalue weighted by atomic mass is 10.2. The van der Waals surface area contributed by atoms with Gasteiger partial charge in [-0.25, -0.2) is 4.98 Å². The second-order valence-corrected chi connectivity index (χ2v) is 4.69. The van der Waals surface area contributed by atoms with Gasteiger partial charge in [0.2, 0.25) is 5.95 Å². The maximum absolute atomic E-state index is 5.51. The lowest BCUT2D eigenvalue weighted by Crippen LogP contribution is -2.15. The van der Waals surface area contributed by atoms with Crippen LogP contribution in [-0.4, -0.2) is 43.0 Å². The lowest BCUT2D eigenvalue weighted by Gasteiger charge is -2.10. The van der Waals surface area contributed by atoms with Crippen LogP contribution in [0, 0.1) is 5.92 Å². The molecule has 5 heteroatoms. The topological polar surface area (TPSA) is 48.3 Å². The molecule has 18 heavy (non-hydrogen) atoms. The minimum absolute atomic E-state index is 0.584. The first-order valence-corrected chi connectivity index (χ1v) is 6.55. The molecule has 0 aliphatic rings. The molecule has 1 N–H and O–H groups in total. The van der Waals surface area contributed by atoms with Crippen LogP contribution in [0.3, 0.4) is 0 Å². The van der Waals surface area contributed by atoms with Crippen molar-refractivity contribution in [2.75, 3.05) is 38.8 Å². The second kappa shape index (κ2) is 8.94. The van der Waals surface area contributed by atoms with Gasteiger partial charge in [-0.05, 0) is 12.3 Å². The van der Waals surface area contributed by atoms with E-state index >= 15 is 0 Å². The maximum atomic E-state index is 5.51. The number of methoxy groups -OCH3 is 1. The zero-order chi connectivity index (χ0) is 13.2. The molecule has 0 unspecified atom stereocenters. The first-order chi connectivity index (χ1) is 8.74. The van der Waals surface area contributed by atoms with Gasteiger partial charge in [-0.15, -0.1) is 0 Å². The van der Waals surface area contributed by atoms with Crippen LogP contribution in [0.1, 0.15) is 20.3 Å². The Kier molecular flexibility index (Phi) is 7.44. The average Bonchev–Trinajstić information content (AvgIpc) is 2.76. The monoisotopic (exact) mass is 255 g/mol. The summed E-state index contributed by atoms with van der Waals surface area (Å²) in [7, 11) is 1.72. The highest BCUT2D eigenvalue weighted by Gasteiger charge is 2.01. The van der Waals surface area contributed by atoms with Crippen LogP contribution in [0.5, 0.6) is 0 Å². The van der Waals surface area contributed by atoms with E-state index in [9.17, 15) is 0 Å². The SMILES string of the molecule is COCCCn1ccnc1NCCOCC(C)C. The minimum Gasteiger partial charge on any atom is -0.385 e. The number of hydrogen-bond acceptors (Lipinski definition) is 4. The summed E-state index contributed by atoms with van der Waals surface area (Å²) in [6.07, 6.45) is 4.78. The minimum atomic E-state index is 0.584. The van der Waals surface area contributed by atoms with Crippen molar-refractivity contribution in [3.05, 3.63) is 12.4 Å². The Morgan fingerprint density at radius 2 is 2.22 bits per heavy atom. The third-order valence-electron chi connectivity index (χ3n) is 2.44. The molecule has 0 radical (unpaired) electrons. The van der Waals surface area contributed by atoms with E-state index in [-0.39, 0.29) is 0 Å². The first-order valence-electron chi connectivity index (χ1n) is 6.55. The molecule has 0 aromatic carbocycles. The number of aromatic nitrogens is 2. The van der Waals surface area contributed by atoms with Crippen molar-refractivity contribution >= 4 is 5.95 Å². The van der Waals surface area contributed by atoms with Crippen LogP contribution in [-0.2, 0) is 16.0 Å². The normalized spacial score (nSPS) is 11.1. The molecule has 0 saturated heterocycles. The molecule has 0 amide bonds. The fourth-order valence-corrected chi connectivity index (χ4v) is 1.59. The Balaban J connectivity index is 2.19. The number of ether oxygens (including phenoxy) is 2. The predicted molar refractivity (Wildman–Crippen MR) is 72.9 cm³/mol. The standard InChI is InChI=1S/C13H25N3O2/c1-12(2)11-18-10-6-15-13-14-5-8-16(13)7-4-9-17-3/h5,8,12H,4,6-7,9-11H2,1-3H3,(H,14,15). The van der Waals surface area contributed by atoms with Crippen LogP contribution >= 0.6 is 0 Å². The van der Waals surface area contributed by atoms with E-state index in [4.69, 9.17) is 9.47 Å². The smallest absolute Gasteiger partial charge is 0.202 e. The molecular formula is C13H25N3O2. The molecule has 1 aromatic heterocycles. The van der Waals surface area contributed by atoms with Gasteiger partial charge in [-0.1, -0.05) is 13.8 Å². The van der Waals surface area contributed by atoms with Gasteiger partial charge in [0.25, 0.3) is 0 Å². The van der Waals surface area contributed by atoms with Gasteiger partial charge in [-0.2, -0.15) is 0 Å². The molecule has 0 aliphatic heterocycles. The molecule has 1 heterocycles. The average molecular weight is 255 g/mol. The van der Waals surface area contributed by atoms with E-state index in [1.165, 1.54) is 0 Å². The van der Waals surface area contributed by atoms with Crippen molar-refractivity contribution in [3.63, 3.8) is 0 Å². The molecule has 1 aromatic rings. The van der Waals surface area contributed by atoms with Gasteiger partial charge in [0, 0.05) is 45.8 Å². The molecule has 104 valence electrons. The number of aryl methyl sites for hydroxylation is 1. The molecule has 0 aliphatic carbocycles. The summed E-state index contributed by atoms with van der Waals surface area (Å²) >= 11 is 0. The second-order valence-electron chi connectivity index (χ2n) is 4.69. The van der Waals surface area contributed by atoms with E-state index in [2.05, 4.69) is 28.7 Å². The van der Waals surface area contributed by atoms with E-state index in [1.54, 1.807) is 7.11 Å². The Morgan fingerprint density at radius 1 is 1.39 bits per heavy atom. The fraction of sp³-hybridized carbons (Fsp3) is 0.769. The third-order valence-corrected chi connectivity index (χ3v) is 2.44. The zero-order valence-corrected chi connectivity index (χ0v) is 11.7. The summed E-state index contributed by atoms with van der Waals surface area (Å²) in [5.74, 6) is 1.49. The Bertz CT molecular complexity index is 313. The van der Waals surface area contributed by atoms with Crippen LogP contribution in [0.25, 0.3) is 0 Å². The Hall–Kier alpha value is -1.07. The number of nitrogens with zero attached hydrogens (tertiary/aromatic N) is 2. The van der Waals surface area contributed by atoms with Crippen LogP contribution in [0.2, 0.25) is 0 Å². The highest BCUT2D eigenvalue weighted by molar-refractivity contribution is 5.25. The van der Waals surface area contributed by atoms with Crippen LogP contribution in [0.4, 0.5) is 5.95 Å². The molecule has 1 rings (SSSR count). The van der Waals surface area contributed by atoms with E-state index < -0.39 is 0 Å². The molecular weight excluding hydrogens is 230 g/mol. The molecule has 0 atom stereocenters. The number of anilines is 1. The van der Waals surface area contributed by atoms with Gasteiger partial charge in [0.05, 0.1) is 6.61 Å². The van der Waals surface area contributed by atoms with Gasteiger partial charge in [-0.3, -0.25) is 0 Å². The molecule has 0 bridgehead atoms. The molecule has 0 spiro atoms. The van der Waals surface area contributed by atoms with Crippen molar-refractivity contribution in [2.24, 2.45) is 5.92 Å². The molecule has 0 saturated carbocycles. The maximum Gasteiger partial charge on any atom is 0.202 e. The molecule has 5 nitrogen and oxygen atoms in total. The number of rotatable bonds is 10. The van der Waals surface area contributed by atoms with Gasteiger partial charge < -0.3 is 19.4 Å². The van der Waals surface area contributed by atoms with Crippen LogP contribution in [0.15, 0.2) is 12.4 Å². The third kappa shape index (κ3) is 6.02. The number of nitrogens with one attached hydrogen (secondary N) is 1. The van der Waals surface area contributed by atoms with E-state index in [0.29, 0.717) is 12.5 Å². The summed E-state index contributed by atoms with van der Waals surface area (Å²) in [5.41, 5.74) is 0. The summed E-state index contributed by atoms with van der Waals surface area (Å²) in [6, 6.07) is 0. The quantitative estimate of drug-likeness (QED) is 0.650. The van der Waals surface area contributed by atoms with Crippen molar-refractivity contribution in [2.45, 2.75) is 26.8 Å². The Morgan fingerprint density at radius 3 is 2.94 bits per heavy atom. The summed E-state index contributed by atoms with van der Waals surface area (Å²) in [6.45, 7) is 8.30. The summed E-state index contributed by atoms with van der Waals surface area (Å²) < 4.78 is 12.7. The van der Waals surface area contributed by atoms with Crippen LogP contribution < -0.4 is 5.32 Å². The van der Waals surface area contributed by atoms with Crippen molar-refractivity contribution < 1.29 is 9.47 Å². The number of hydrogen-bond donors (Lipinski definition) is 1. The largest absolute Gasteiger partial charge is 0.385 e. The van der Waals surface area contributed by atoms with Gasteiger partial charge >= 0.3 is 0 Å². The Labute approximate surface area is 109 Å². The zero-order valence-electron chi connectivity index (χ0n) is 11.7. The predicted octanol–water partition coefficient (Wildman–Crippen LogP) is 2.00. The lowest BCUT2D eigenvalue weighted by molar-refractivity contribution is 0.118. The fourth-order valence-electron chi connectivity index (χ4n) is 1.59. The van der Waals surface area contributed by atoms with Gasteiger partial charge in [0.1, 0.15) is 0 Å². The summed E-state index contributed by atoms with van der Waals surface area (Å²) in [5, 5.41) is 3.28. The van der Waals surface area contributed by atoms with Gasteiger partial charge in [0.15, 0.2) is 0 Å². The summed E-state index contributed by atoms with van der Waals surface area (Å²) in [4.78, 5) is 4.28. The van der Waals surface area contributed by atoms with E-state index in [0.717, 1.165) is 38.7 Å². The molecule has 0 fully saturated rings. The van der Waals surface area contributed by atoms with Crippen molar-refractivity contribution in [1.29, 1.82) is 0 Å². The van der Waals surface area contributed by atoms with E-state index in [1.807, 2.05) is 12.4 Å². The first kappa shape index (κ1) is 15.0. The van der Waals surface area contributed by atoms with Crippen molar-refractivity contribution in [3.8, 4) is 0 Å². The highest BCUT2D eigenvalue weighted by Crippen LogP contribution is 2.05. The van der Waals surface area contributed by atoms with Crippen molar-refractivity contribution in [1.82, 2.24) is 9.55 Å². The highest BCUT2D eigenvalue weighted by atomic mass is 16.5. The number of imidazole rings is 1.